The van der Waals surface area contributed by atoms with Gasteiger partial charge in [0.05, 0.1) is 17.1 Å². The smallest absolute Gasteiger partial charge is 0.137 e. The van der Waals surface area contributed by atoms with Gasteiger partial charge in [-0.1, -0.05) is 6.07 Å². The van der Waals surface area contributed by atoms with E-state index in [-0.39, 0.29) is 0 Å². The molecule has 17 heavy (non-hydrogen) atoms. The lowest BCUT2D eigenvalue weighted by molar-refractivity contribution is 1.04. The molecule has 3 rings (SSSR count). The van der Waals surface area contributed by atoms with Gasteiger partial charge in [-0.15, -0.1) is 0 Å². The first-order chi connectivity index (χ1) is 8.38. The summed E-state index contributed by atoms with van der Waals surface area (Å²) in [5.74, 6) is 0.882. The number of pyridine rings is 1. The fraction of sp³-hybridized carbons (Fsp3) is 0. The van der Waals surface area contributed by atoms with Gasteiger partial charge < -0.3 is 4.57 Å². The molecule has 2 heterocycles. The number of aromatic nitrogens is 2. The first-order valence-electron chi connectivity index (χ1n) is 5.31. The topological polar surface area (TPSA) is 41.6 Å². The van der Waals surface area contributed by atoms with Crippen molar-refractivity contribution in [3.63, 3.8) is 0 Å². The molecular formula is C14H9N3. The average molecular weight is 219 g/mol. The van der Waals surface area contributed by atoms with Crippen molar-refractivity contribution in [1.82, 2.24) is 9.55 Å². The predicted octanol–water partition coefficient (Wildman–Crippen LogP) is 2.90. The second-order valence-electron chi connectivity index (χ2n) is 3.76. The molecule has 0 amide bonds. The summed E-state index contributed by atoms with van der Waals surface area (Å²) in [4.78, 5) is 4.31. The van der Waals surface area contributed by atoms with Crippen molar-refractivity contribution in [2.45, 2.75) is 0 Å². The number of nitriles is 1. The molecule has 0 aliphatic rings. The van der Waals surface area contributed by atoms with E-state index in [1.807, 2.05) is 53.2 Å². The normalized spacial score (nSPS) is 10.3. The Morgan fingerprint density at radius 3 is 2.82 bits per heavy atom. The Bertz CT molecular complexity index is 705. The summed E-state index contributed by atoms with van der Waals surface area (Å²) in [5, 5.41) is 9.90. The highest BCUT2D eigenvalue weighted by Gasteiger charge is 2.04. The summed E-state index contributed by atoms with van der Waals surface area (Å²) in [6, 6.07) is 15.6. The molecule has 0 saturated heterocycles. The Balaban J connectivity index is 2.23. The summed E-state index contributed by atoms with van der Waals surface area (Å²) in [6.45, 7) is 0. The van der Waals surface area contributed by atoms with Gasteiger partial charge in [-0.2, -0.15) is 5.26 Å². The van der Waals surface area contributed by atoms with E-state index in [9.17, 15) is 0 Å². The van der Waals surface area contributed by atoms with Crippen LogP contribution >= 0.6 is 0 Å². The van der Waals surface area contributed by atoms with Crippen LogP contribution in [-0.4, -0.2) is 9.55 Å². The Labute approximate surface area is 98.6 Å². The van der Waals surface area contributed by atoms with Gasteiger partial charge in [0, 0.05) is 17.8 Å². The standard InChI is InChI=1S/C14H9N3/c15-10-11-4-5-13-12(9-11)6-8-17(13)14-3-1-2-7-16-14/h1-9H. The summed E-state index contributed by atoms with van der Waals surface area (Å²) >= 11 is 0. The summed E-state index contributed by atoms with van der Waals surface area (Å²) in [5.41, 5.74) is 1.74. The van der Waals surface area contributed by atoms with Gasteiger partial charge in [0.25, 0.3) is 0 Å². The molecule has 0 bridgehead atoms. The molecule has 0 aliphatic heterocycles. The SMILES string of the molecule is N#Cc1ccc2c(ccn2-c2ccccn2)c1. The van der Waals surface area contributed by atoms with Crippen LogP contribution in [0.15, 0.2) is 54.9 Å². The summed E-state index contributed by atoms with van der Waals surface area (Å²) in [6.07, 6.45) is 3.74. The minimum absolute atomic E-state index is 0.677. The molecule has 0 unspecified atom stereocenters. The minimum Gasteiger partial charge on any atom is -0.301 e. The van der Waals surface area contributed by atoms with Crippen molar-refractivity contribution in [1.29, 1.82) is 5.26 Å². The van der Waals surface area contributed by atoms with Crippen molar-refractivity contribution < 1.29 is 0 Å². The van der Waals surface area contributed by atoms with Crippen LogP contribution in [0.25, 0.3) is 16.7 Å². The third-order valence-electron chi connectivity index (χ3n) is 2.72. The predicted molar refractivity (Wildman–Crippen MR) is 65.8 cm³/mol. The van der Waals surface area contributed by atoms with Crippen molar-refractivity contribution in [3.8, 4) is 11.9 Å². The molecule has 3 nitrogen and oxygen atoms in total. The van der Waals surface area contributed by atoms with E-state index in [0.29, 0.717) is 5.56 Å². The number of benzene rings is 1. The van der Waals surface area contributed by atoms with Crippen molar-refractivity contribution in [2.75, 3.05) is 0 Å². The van der Waals surface area contributed by atoms with Gasteiger partial charge in [0.15, 0.2) is 0 Å². The Morgan fingerprint density at radius 2 is 2.06 bits per heavy atom. The highest BCUT2D eigenvalue weighted by Crippen LogP contribution is 2.20. The highest BCUT2D eigenvalue weighted by atomic mass is 15.0. The number of fused-ring (bicyclic) bond motifs is 1. The van der Waals surface area contributed by atoms with Crippen LogP contribution in [0.2, 0.25) is 0 Å². The second kappa shape index (κ2) is 3.76. The lowest BCUT2D eigenvalue weighted by Crippen LogP contribution is -1.94. The lowest BCUT2D eigenvalue weighted by atomic mass is 10.2. The van der Waals surface area contributed by atoms with Crippen LogP contribution in [0.3, 0.4) is 0 Å². The molecule has 0 radical (unpaired) electrons. The third-order valence-corrected chi connectivity index (χ3v) is 2.72. The molecule has 80 valence electrons. The Hall–Kier alpha value is -2.60. The number of hydrogen-bond acceptors (Lipinski definition) is 2. The zero-order valence-electron chi connectivity index (χ0n) is 9.04. The van der Waals surface area contributed by atoms with Crippen LogP contribution in [0.5, 0.6) is 0 Å². The highest BCUT2D eigenvalue weighted by molar-refractivity contribution is 5.83. The van der Waals surface area contributed by atoms with Gasteiger partial charge >= 0.3 is 0 Å². The van der Waals surface area contributed by atoms with Crippen LogP contribution in [0.1, 0.15) is 5.56 Å². The van der Waals surface area contributed by atoms with E-state index in [2.05, 4.69) is 11.1 Å². The van der Waals surface area contributed by atoms with E-state index < -0.39 is 0 Å². The van der Waals surface area contributed by atoms with Gasteiger partial charge in [-0.3, -0.25) is 0 Å². The maximum Gasteiger partial charge on any atom is 0.137 e. The van der Waals surface area contributed by atoms with Crippen molar-refractivity contribution >= 4 is 10.9 Å². The first-order valence-corrected chi connectivity index (χ1v) is 5.31. The molecule has 0 aliphatic carbocycles. The molecule has 3 aromatic rings. The maximum atomic E-state index is 8.85. The zero-order valence-corrected chi connectivity index (χ0v) is 9.04. The second-order valence-corrected chi connectivity index (χ2v) is 3.76. The summed E-state index contributed by atoms with van der Waals surface area (Å²) < 4.78 is 2.01. The Morgan fingerprint density at radius 1 is 1.12 bits per heavy atom. The molecule has 3 heteroatoms. The van der Waals surface area contributed by atoms with Gasteiger partial charge in [0.2, 0.25) is 0 Å². The largest absolute Gasteiger partial charge is 0.301 e. The molecule has 0 atom stereocenters. The van der Waals surface area contributed by atoms with Crippen LogP contribution in [0.4, 0.5) is 0 Å². The van der Waals surface area contributed by atoms with E-state index in [1.54, 1.807) is 6.20 Å². The number of hydrogen-bond donors (Lipinski definition) is 0. The van der Waals surface area contributed by atoms with Crippen LogP contribution in [-0.2, 0) is 0 Å². The molecule has 2 aromatic heterocycles. The molecule has 0 saturated carbocycles. The maximum absolute atomic E-state index is 8.85. The third kappa shape index (κ3) is 1.56. The van der Waals surface area contributed by atoms with E-state index in [0.717, 1.165) is 16.7 Å². The van der Waals surface area contributed by atoms with E-state index in [1.165, 1.54) is 0 Å². The van der Waals surface area contributed by atoms with E-state index in [4.69, 9.17) is 5.26 Å². The van der Waals surface area contributed by atoms with Crippen molar-refractivity contribution in [2.24, 2.45) is 0 Å². The lowest BCUT2D eigenvalue weighted by Gasteiger charge is -2.03. The number of nitrogens with zero attached hydrogens (tertiary/aromatic N) is 3. The van der Waals surface area contributed by atoms with Gasteiger partial charge in [0.1, 0.15) is 5.82 Å². The van der Waals surface area contributed by atoms with E-state index >= 15 is 0 Å². The van der Waals surface area contributed by atoms with Crippen molar-refractivity contribution in [3.05, 3.63) is 60.4 Å². The fourth-order valence-corrected chi connectivity index (χ4v) is 1.91. The Kier molecular flexibility index (Phi) is 2.13. The zero-order chi connectivity index (χ0) is 11.7. The molecular weight excluding hydrogens is 210 g/mol. The van der Waals surface area contributed by atoms with Crippen LogP contribution < -0.4 is 0 Å². The molecule has 0 N–H and O–H groups in total. The molecule has 0 spiro atoms. The first kappa shape index (κ1) is 9.61. The van der Waals surface area contributed by atoms with Gasteiger partial charge in [-0.05, 0) is 36.4 Å². The van der Waals surface area contributed by atoms with Gasteiger partial charge in [-0.25, -0.2) is 4.98 Å². The fourth-order valence-electron chi connectivity index (χ4n) is 1.91. The quantitative estimate of drug-likeness (QED) is 0.631. The average Bonchev–Trinajstić information content (AvgIpc) is 2.82. The monoisotopic (exact) mass is 219 g/mol. The minimum atomic E-state index is 0.677. The number of rotatable bonds is 1. The molecule has 1 aromatic carbocycles. The molecule has 0 fully saturated rings. The van der Waals surface area contributed by atoms with Crippen LogP contribution in [0, 0.1) is 11.3 Å². The summed E-state index contributed by atoms with van der Waals surface area (Å²) in [7, 11) is 0.